The van der Waals surface area contributed by atoms with E-state index in [1.807, 2.05) is 0 Å². The third-order valence-electron chi connectivity index (χ3n) is 4.24. The molecular formula is C21H35NO6S. The predicted molar refractivity (Wildman–Crippen MR) is 114 cm³/mol. The molecule has 1 amide bonds. The molecule has 1 atom stereocenters. The Labute approximate surface area is 175 Å². The van der Waals surface area contributed by atoms with Crippen molar-refractivity contribution < 1.29 is 26.9 Å². The largest absolute Gasteiger partial charge is 0.493 e. The molecule has 29 heavy (non-hydrogen) atoms. The number of methoxy groups -OCH3 is 2. The minimum absolute atomic E-state index is 0.0419. The molecule has 1 aromatic carbocycles. The summed E-state index contributed by atoms with van der Waals surface area (Å²) < 4.78 is 38.4. The molecular weight excluding hydrogens is 394 g/mol. The van der Waals surface area contributed by atoms with Gasteiger partial charge in [0.2, 0.25) is 5.91 Å². The van der Waals surface area contributed by atoms with E-state index in [2.05, 4.69) is 27.7 Å². The Hall–Kier alpha value is -1.80. The first kappa shape index (κ1) is 25.2. The maximum atomic E-state index is 12.9. The Kier molecular flexibility index (Phi) is 9.42. The van der Waals surface area contributed by atoms with E-state index in [9.17, 15) is 13.2 Å². The van der Waals surface area contributed by atoms with Gasteiger partial charge in [-0.2, -0.15) is 8.42 Å². The summed E-state index contributed by atoms with van der Waals surface area (Å²) in [7, 11) is -0.666. The fraction of sp³-hybridized carbons (Fsp3) is 0.667. The molecule has 1 aromatic rings. The molecule has 1 rings (SSSR count). The number of ether oxygens (including phenoxy) is 2. The lowest BCUT2D eigenvalue weighted by Gasteiger charge is -2.27. The second-order valence-electron chi connectivity index (χ2n) is 8.65. The lowest BCUT2D eigenvalue weighted by molar-refractivity contribution is -0.133. The summed E-state index contributed by atoms with van der Waals surface area (Å²) >= 11 is 0. The van der Waals surface area contributed by atoms with Crippen LogP contribution in [0.4, 0.5) is 0 Å². The van der Waals surface area contributed by atoms with Gasteiger partial charge in [0.15, 0.2) is 11.5 Å². The van der Waals surface area contributed by atoms with Gasteiger partial charge in [0.1, 0.15) is 0 Å². The van der Waals surface area contributed by atoms with Crippen molar-refractivity contribution in [2.24, 2.45) is 11.3 Å². The van der Waals surface area contributed by atoms with Gasteiger partial charge in [0, 0.05) is 26.6 Å². The lowest BCUT2D eigenvalue weighted by Crippen LogP contribution is -2.34. The fourth-order valence-corrected chi connectivity index (χ4v) is 3.76. The van der Waals surface area contributed by atoms with Crippen molar-refractivity contribution in [3.8, 4) is 11.5 Å². The second-order valence-corrected chi connectivity index (χ2v) is 10.2. The molecule has 7 nitrogen and oxygen atoms in total. The minimum Gasteiger partial charge on any atom is -0.493 e. The van der Waals surface area contributed by atoms with Gasteiger partial charge in [-0.3, -0.25) is 4.79 Å². The van der Waals surface area contributed by atoms with Crippen molar-refractivity contribution in [1.82, 2.24) is 4.90 Å². The molecule has 8 heteroatoms. The quantitative estimate of drug-likeness (QED) is 0.501. The SMILES string of the molecule is COCCN(Cc1ccc(OC)c(OS(C)(=O)=O)c1)C(=O)C[C@H](C)CC(C)(C)C. The number of rotatable bonds is 11. The van der Waals surface area contributed by atoms with Gasteiger partial charge in [-0.15, -0.1) is 0 Å². The molecule has 0 aliphatic heterocycles. The highest BCUT2D eigenvalue weighted by atomic mass is 32.2. The maximum Gasteiger partial charge on any atom is 0.306 e. The molecule has 0 aromatic heterocycles. The first-order chi connectivity index (χ1) is 13.3. The summed E-state index contributed by atoms with van der Waals surface area (Å²) in [6.07, 6.45) is 2.37. The normalized spacial score (nSPS) is 13.1. The first-order valence-corrected chi connectivity index (χ1v) is 11.5. The van der Waals surface area contributed by atoms with Gasteiger partial charge in [-0.05, 0) is 35.4 Å². The Morgan fingerprint density at radius 1 is 1.17 bits per heavy atom. The zero-order valence-electron chi connectivity index (χ0n) is 18.6. The van der Waals surface area contributed by atoms with Crippen molar-refractivity contribution in [3.63, 3.8) is 0 Å². The smallest absolute Gasteiger partial charge is 0.306 e. The summed E-state index contributed by atoms with van der Waals surface area (Å²) in [6.45, 7) is 9.78. The Morgan fingerprint density at radius 2 is 1.83 bits per heavy atom. The van der Waals surface area contributed by atoms with Crippen LogP contribution in [-0.4, -0.2) is 52.9 Å². The number of hydrogen-bond acceptors (Lipinski definition) is 6. The average Bonchev–Trinajstić information content (AvgIpc) is 2.55. The minimum atomic E-state index is -3.70. The molecule has 0 saturated heterocycles. The highest BCUT2D eigenvalue weighted by Gasteiger charge is 2.22. The predicted octanol–water partition coefficient (Wildman–Crippen LogP) is 3.47. The number of carbonyl (C=O) groups is 1. The van der Waals surface area contributed by atoms with Crippen LogP contribution < -0.4 is 8.92 Å². The molecule has 0 fully saturated rings. The summed E-state index contributed by atoms with van der Waals surface area (Å²) in [6, 6.07) is 5.02. The van der Waals surface area contributed by atoms with E-state index < -0.39 is 10.1 Å². The zero-order valence-corrected chi connectivity index (χ0v) is 19.5. The molecule has 0 spiro atoms. The van der Waals surface area contributed by atoms with Crippen LogP contribution in [0, 0.1) is 11.3 Å². The van der Waals surface area contributed by atoms with Gasteiger partial charge in [-0.25, -0.2) is 0 Å². The molecule has 0 aliphatic carbocycles. The number of hydrogen-bond donors (Lipinski definition) is 0. The van der Waals surface area contributed by atoms with Gasteiger partial charge in [0.05, 0.1) is 20.0 Å². The number of carbonyl (C=O) groups excluding carboxylic acids is 1. The third-order valence-corrected chi connectivity index (χ3v) is 4.73. The molecule has 0 unspecified atom stereocenters. The number of amides is 1. The van der Waals surface area contributed by atoms with Crippen LogP contribution in [0.15, 0.2) is 18.2 Å². The Balaban J connectivity index is 2.99. The van der Waals surface area contributed by atoms with E-state index in [4.69, 9.17) is 13.7 Å². The van der Waals surface area contributed by atoms with Crippen LogP contribution in [0.5, 0.6) is 11.5 Å². The number of nitrogens with zero attached hydrogens (tertiary/aromatic N) is 1. The first-order valence-electron chi connectivity index (χ1n) is 9.67. The van der Waals surface area contributed by atoms with E-state index >= 15 is 0 Å². The van der Waals surface area contributed by atoms with Crippen molar-refractivity contribution in [2.45, 2.75) is 47.1 Å². The lowest BCUT2D eigenvalue weighted by atomic mass is 9.84. The van der Waals surface area contributed by atoms with E-state index in [1.165, 1.54) is 7.11 Å². The molecule has 0 heterocycles. The number of benzene rings is 1. The molecule has 0 radical (unpaired) electrons. The summed E-state index contributed by atoms with van der Waals surface area (Å²) in [5.41, 5.74) is 0.905. The van der Waals surface area contributed by atoms with Crippen LogP contribution in [-0.2, 0) is 26.2 Å². The van der Waals surface area contributed by atoms with Crippen LogP contribution in [0.2, 0.25) is 0 Å². The molecule has 0 aliphatic rings. The molecule has 0 saturated carbocycles. The van der Waals surface area contributed by atoms with Gasteiger partial charge in [0.25, 0.3) is 0 Å². The highest BCUT2D eigenvalue weighted by Crippen LogP contribution is 2.30. The Bertz CT molecular complexity index is 770. The summed E-state index contributed by atoms with van der Waals surface area (Å²) in [5, 5.41) is 0. The van der Waals surface area contributed by atoms with Gasteiger partial charge < -0.3 is 18.6 Å². The Morgan fingerprint density at radius 3 is 2.34 bits per heavy atom. The monoisotopic (exact) mass is 429 g/mol. The zero-order chi connectivity index (χ0) is 22.2. The highest BCUT2D eigenvalue weighted by molar-refractivity contribution is 7.86. The molecule has 0 bridgehead atoms. The van der Waals surface area contributed by atoms with Crippen LogP contribution in [0.3, 0.4) is 0 Å². The maximum absolute atomic E-state index is 12.9. The van der Waals surface area contributed by atoms with Gasteiger partial charge in [-0.1, -0.05) is 33.8 Å². The van der Waals surface area contributed by atoms with E-state index in [0.29, 0.717) is 31.9 Å². The van der Waals surface area contributed by atoms with Gasteiger partial charge >= 0.3 is 10.1 Å². The summed E-state index contributed by atoms with van der Waals surface area (Å²) in [5.74, 6) is 0.716. The van der Waals surface area contributed by atoms with Crippen molar-refractivity contribution >= 4 is 16.0 Å². The van der Waals surface area contributed by atoms with Crippen molar-refractivity contribution in [1.29, 1.82) is 0 Å². The second kappa shape index (κ2) is 10.8. The van der Waals surface area contributed by atoms with E-state index in [1.54, 1.807) is 30.2 Å². The van der Waals surface area contributed by atoms with Crippen LogP contribution >= 0.6 is 0 Å². The summed E-state index contributed by atoms with van der Waals surface area (Å²) in [4.78, 5) is 14.6. The molecule has 0 N–H and O–H groups in total. The van der Waals surface area contributed by atoms with E-state index in [-0.39, 0.29) is 23.0 Å². The molecule has 166 valence electrons. The van der Waals surface area contributed by atoms with Crippen LogP contribution in [0.1, 0.15) is 46.1 Å². The average molecular weight is 430 g/mol. The third kappa shape index (κ3) is 9.99. The van der Waals surface area contributed by atoms with E-state index in [0.717, 1.165) is 18.2 Å². The topological polar surface area (TPSA) is 82.1 Å². The fourth-order valence-electron chi connectivity index (χ4n) is 3.31. The standard InChI is InChI=1S/C21H35NO6S/c1-16(14-21(2,3)4)12-20(23)22(10-11-26-5)15-17-8-9-18(27-6)19(13-17)28-29(7,24)25/h8-9,13,16H,10-12,14-15H2,1-7H3/t16-/m0/s1. The van der Waals surface area contributed by atoms with Crippen molar-refractivity contribution in [3.05, 3.63) is 23.8 Å². The van der Waals surface area contributed by atoms with Crippen molar-refractivity contribution in [2.75, 3.05) is 33.6 Å². The van der Waals surface area contributed by atoms with Crippen LogP contribution in [0.25, 0.3) is 0 Å².